The number of hydrogen-bond donors (Lipinski definition) is 1. The average molecular weight is 268 g/mol. The van der Waals surface area contributed by atoms with Gasteiger partial charge in [-0.1, -0.05) is 30.3 Å². The van der Waals surface area contributed by atoms with Crippen molar-refractivity contribution in [2.75, 3.05) is 5.43 Å². The Morgan fingerprint density at radius 3 is 2.40 bits per heavy atom. The van der Waals surface area contributed by atoms with Crippen LogP contribution in [0.2, 0.25) is 0 Å². The van der Waals surface area contributed by atoms with Gasteiger partial charge in [-0.3, -0.25) is 0 Å². The third-order valence-electron chi connectivity index (χ3n) is 2.95. The van der Waals surface area contributed by atoms with E-state index in [1.54, 1.807) is 0 Å². The van der Waals surface area contributed by atoms with Crippen LogP contribution in [0.25, 0.3) is 0 Å². The van der Waals surface area contributed by atoms with Crippen LogP contribution in [0.4, 0.5) is 5.95 Å². The van der Waals surface area contributed by atoms with E-state index in [2.05, 4.69) is 44.8 Å². The minimum absolute atomic E-state index is 0.557. The van der Waals surface area contributed by atoms with Gasteiger partial charge in [0.15, 0.2) is 0 Å². The minimum atomic E-state index is 0.557. The molecule has 0 saturated heterocycles. The predicted octanol–water partition coefficient (Wildman–Crippen LogP) is 3.51. The molecule has 0 bridgehead atoms. The van der Waals surface area contributed by atoms with Crippen LogP contribution < -0.4 is 5.43 Å². The fourth-order valence-electron chi connectivity index (χ4n) is 1.95. The fourth-order valence-corrected chi connectivity index (χ4v) is 1.95. The lowest BCUT2D eigenvalue weighted by atomic mass is 10.1. The van der Waals surface area contributed by atoms with E-state index in [0.717, 1.165) is 29.9 Å². The highest BCUT2D eigenvalue weighted by molar-refractivity contribution is 5.82. The van der Waals surface area contributed by atoms with E-state index < -0.39 is 0 Å². The van der Waals surface area contributed by atoms with Crippen molar-refractivity contribution in [3.05, 3.63) is 53.3 Å². The highest BCUT2D eigenvalue weighted by Crippen LogP contribution is 2.05. The van der Waals surface area contributed by atoms with Gasteiger partial charge in [0.05, 0.1) is 0 Å². The maximum Gasteiger partial charge on any atom is 0.243 e. The molecule has 1 N–H and O–H groups in total. The quantitative estimate of drug-likeness (QED) is 0.667. The van der Waals surface area contributed by atoms with Crippen LogP contribution in [0.1, 0.15) is 30.3 Å². The number of aryl methyl sites for hydroxylation is 3. The second-order valence-corrected chi connectivity index (χ2v) is 4.92. The standard InChI is InChI=1S/C16H20N4/c1-12(9-10-15-7-5-4-6-8-15)19-20-16-17-13(2)11-14(3)18-16/h4-8,11H,9-10H2,1-3H3,(H,17,18,20)/b19-12-. The average Bonchev–Trinajstić information content (AvgIpc) is 2.43. The summed E-state index contributed by atoms with van der Waals surface area (Å²) in [4.78, 5) is 8.59. The molecule has 0 fully saturated rings. The second kappa shape index (κ2) is 6.80. The number of benzene rings is 1. The molecule has 1 heterocycles. The molecule has 0 amide bonds. The molecule has 4 nitrogen and oxygen atoms in total. The van der Waals surface area contributed by atoms with Crippen molar-refractivity contribution in [1.82, 2.24) is 9.97 Å². The summed E-state index contributed by atoms with van der Waals surface area (Å²) < 4.78 is 0. The first-order valence-corrected chi connectivity index (χ1v) is 6.79. The first kappa shape index (κ1) is 14.2. The van der Waals surface area contributed by atoms with Gasteiger partial charge in [-0.15, -0.1) is 0 Å². The molecule has 0 atom stereocenters. The van der Waals surface area contributed by atoms with Crippen LogP contribution in [-0.2, 0) is 6.42 Å². The molecule has 20 heavy (non-hydrogen) atoms. The summed E-state index contributed by atoms with van der Waals surface area (Å²) in [7, 11) is 0. The van der Waals surface area contributed by atoms with Crippen LogP contribution in [0.5, 0.6) is 0 Å². The Bertz CT molecular complexity index is 570. The molecule has 1 aromatic carbocycles. The highest BCUT2D eigenvalue weighted by Gasteiger charge is 1.99. The van der Waals surface area contributed by atoms with E-state index in [-0.39, 0.29) is 0 Å². The van der Waals surface area contributed by atoms with Gasteiger partial charge in [-0.25, -0.2) is 15.4 Å². The van der Waals surface area contributed by atoms with Crippen molar-refractivity contribution in [3.8, 4) is 0 Å². The zero-order chi connectivity index (χ0) is 14.4. The molecule has 0 aliphatic heterocycles. The summed E-state index contributed by atoms with van der Waals surface area (Å²) in [5.41, 5.74) is 7.17. The Balaban J connectivity index is 1.90. The van der Waals surface area contributed by atoms with Crippen LogP contribution in [0, 0.1) is 13.8 Å². The molecule has 104 valence electrons. The summed E-state index contributed by atoms with van der Waals surface area (Å²) >= 11 is 0. The van der Waals surface area contributed by atoms with E-state index in [4.69, 9.17) is 0 Å². The molecule has 0 aliphatic carbocycles. The monoisotopic (exact) mass is 268 g/mol. The SMILES string of the molecule is C/C(CCc1ccccc1)=N/Nc1nc(C)cc(C)n1. The molecular formula is C16H20N4. The lowest BCUT2D eigenvalue weighted by Gasteiger charge is -2.04. The first-order valence-electron chi connectivity index (χ1n) is 6.79. The van der Waals surface area contributed by atoms with Crippen molar-refractivity contribution in [3.63, 3.8) is 0 Å². The van der Waals surface area contributed by atoms with Crippen molar-refractivity contribution >= 4 is 11.7 Å². The Labute approximate surface area is 120 Å². The van der Waals surface area contributed by atoms with Crippen molar-refractivity contribution in [2.45, 2.75) is 33.6 Å². The molecule has 0 spiro atoms. The number of nitrogens with zero attached hydrogens (tertiary/aromatic N) is 3. The van der Waals surface area contributed by atoms with Gasteiger partial charge in [-0.05, 0) is 45.2 Å². The number of hydrazone groups is 1. The minimum Gasteiger partial charge on any atom is -0.245 e. The second-order valence-electron chi connectivity index (χ2n) is 4.92. The summed E-state index contributed by atoms with van der Waals surface area (Å²) in [5.74, 6) is 0.557. The highest BCUT2D eigenvalue weighted by atomic mass is 15.4. The van der Waals surface area contributed by atoms with Gasteiger partial charge in [0.2, 0.25) is 5.95 Å². The lowest BCUT2D eigenvalue weighted by molar-refractivity contribution is 1.00. The zero-order valence-electron chi connectivity index (χ0n) is 12.2. The van der Waals surface area contributed by atoms with Gasteiger partial charge in [-0.2, -0.15) is 5.10 Å². The summed E-state index contributed by atoms with van der Waals surface area (Å²) in [5, 5.41) is 4.33. The molecule has 4 heteroatoms. The first-order chi connectivity index (χ1) is 9.63. The molecule has 0 radical (unpaired) electrons. The Hall–Kier alpha value is -2.23. The summed E-state index contributed by atoms with van der Waals surface area (Å²) in [6.45, 7) is 5.91. The Morgan fingerprint density at radius 1 is 1.10 bits per heavy atom. The molecule has 2 aromatic rings. The molecule has 1 aromatic heterocycles. The fraction of sp³-hybridized carbons (Fsp3) is 0.312. The lowest BCUT2D eigenvalue weighted by Crippen LogP contribution is -2.03. The van der Waals surface area contributed by atoms with E-state index in [1.807, 2.05) is 32.9 Å². The largest absolute Gasteiger partial charge is 0.245 e. The van der Waals surface area contributed by atoms with E-state index in [1.165, 1.54) is 5.56 Å². The topological polar surface area (TPSA) is 50.2 Å². The summed E-state index contributed by atoms with van der Waals surface area (Å²) in [6.07, 6.45) is 1.91. The third-order valence-corrected chi connectivity index (χ3v) is 2.95. The molecule has 0 unspecified atom stereocenters. The van der Waals surface area contributed by atoms with Gasteiger partial charge >= 0.3 is 0 Å². The zero-order valence-corrected chi connectivity index (χ0v) is 12.2. The van der Waals surface area contributed by atoms with E-state index >= 15 is 0 Å². The van der Waals surface area contributed by atoms with Gasteiger partial charge in [0, 0.05) is 17.1 Å². The van der Waals surface area contributed by atoms with Crippen LogP contribution >= 0.6 is 0 Å². The number of aromatic nitrogens is 2. The summed E-state index contributed by atoms with van der Waals surface area (Å²) in [6, 6.07) is 12.4. The van der Waals surface area contributed by atoms with E-state index in [0.29, 0.717) is 5.95 Å². The van der Waals surface area contributed by atoms with Crippen molar-refractivity contribution < 1.29 is 0 Å². The maximum absolute atomic E-state index is 4.33. The number of nitrogens with one attached hydrogen (secondary N) is 1. The molecule has 2 rings (SSSR count). The Kier molecular flexibility index (Phi) is 4.82. The van der Waals surface area contributed by atoms with Crippen molar-refractivity contribution in [2.24, 2.45) is 5.10 Å². The van der Waals surface area contributed by atoms with Crippen LogP contribution in [-0.4, -0.2) is 15.7 Å². The van der Waals surface area contributed by atoms with Gasteiger partial charge < -0.3 is 0 Å². The van der Waals surface area contributed by atoms with Crippen LogP contribution in [0.15, 0.2) is 41.5 Å². The third kappa shape index (κ3) is 4.46. The number of hydrogen-bond acceptors (Lipinski definition) is 4. The normalized spacial score (nSPS) is 11.4. The maximum atomic E-state index is 4.33. The van der Waals surface area contributed by atoms with Gasteiger partial charge in [0.1, 0.15) is 0 Å². The smallest absolute Gasteiger partial charge is 0.243 e. The number of anilines is 1. The van der Waals surface area contributed by atoms with Crippen LogP contribution in [0.3, 0.4) is 0 Å². The number of rotatable bonds is 5. The Morgan fingerprint density at radius 2 is 1.75 bits per heavy atom. The molecule has 0 saturated carbocycles. The molecular weight excluding hydrogens is 248 g/mol. The van der Waals surface area contributed by atoms with Crippen molar-refractivity contribution in [1.29, 1.82) is 0 Å². The van der Waals surface area contributed by atoms with E-state index in [9.17, 15) is 0 Å². The predicted molar refractivity (Wildman–Crippen MR) is 83.0 cm³/mol. The molecule has 0 aliphatic rings. The van der Waals surface area contributed by atoms with Gasteiger partial charge in [0.25, 0.3) is 0 Å².